The van der Waals surface area contributed by atoms with Gasteiger partial charge < -0.3 is 18.9 Å². The summed E-state index contributed by atoms with van der Waals surface area (Å²) in [5.74, 6) is 0.0113. The first-order valence-corrected chi connectivity index (χ1v) is 15.0. The average Bonchev–Trinajstić information content (AvgIpc) is 3.58. The van der Waals surface area contributed by atoms with Crippen molar-refractivity contribution in [2.24, 2.45) is 0 Å². The zero-order valence-electron chi connectivity index (χ0n) is 25.6. The predicted octanol–water partition coefficient (Wildman–Crippen LogP) is 6.48. The summed E-state index contributed by atoms with van der Waals surface area (Å²) in [6.07, 6.45) is 2.60. The number of para-hydroxylation sites is 2. The molecule has 0 saturated carbocycles. The molecule has 0 aliphatic rings. The second-order valence-corrected chi connectivity index (χ2v) is 10.3. The van der Waals surface area contributed by atoms with Crippen LogP contribution in [0.4, 0.5) is 10.5 Å². The number of anilines is 1. The molecule has 1 N–H and O–H groups in total. The topological polar surface area (TPSA) is 114 Å². The number of aromatic nitrogens is 3. The number of hydrogen-bond acceptors (Lipinski definition) is 8. The van der Waals surface area contributed by atoms with Gasteiger partial charge in [-0.15, -0.1) is 5.10 Å². The molecular weight excluding hydrogens is 584 g/mol. The Morgan fingerprint density at radius 3 is 2.07 bits per heavy atom. The molecular formula is C36H36N4O6. The van der Waals surface area contributed by atoms with Crippen LogP contribution < -0.4 is 10.1 Å². The molecule has 0 saturated heterocycles. The predicted molar refractivity (Wildman–Crippen MR) is 173 cm³/mol. The first kappa shape index (κ1) is 31.9. The van der Waals surface area contributed by atoms with Gasteiger partial charge in [-0.2, -0.15) is 0 Å². The van der Waals surface area contributed by atoms with Gasteiger partial charge in [0.15, 0.2) is 0 Å². The highest BCUT2D eigenvalue weighted by Crippen LogP contribution is 2.39. The maximum atomic E-state index is 13.4. The number of hydrogen-bond donors (Lipinski definition) is 1. The van der Waals surface area contributed by atoms with Crippen molar-refractivity contribution in [3.05, 3.63) is 144 Å². The number of methoxy groups -OCH3 is 1. The van der Waals surface area contributed by atoms with Crippen molar-refractivity contribution in [1.29, 1.82) is 0 Å². The largest absolute Gasteiger partial charge is 0.493 e. The highest BCUT2D eigenvalue weighted by atomic mass is 16.6. The number of ether oxygens (including phenoxy) is 4. The summed E-state index contributed by atoms with van der Waals surface area (Å²) in [5, 5.41) is 11.8. The SMILES string of the molecule is COCCOC(=O)c1ccccc1OCCCCn1cc(C(OC(=O)Nc2ccccc2)(c2ccccc2)c2ccccc2)nn1. The normalized spacial score (nSPS) is 11.1. The quantitative estimate of drug-likeness (QED) is 0.105. The Bertz CT molecular complexity index is 1640. The molecule has 1 amide bonds. The highest BCUT2D eigenvalue weighted by Gasteiger charge is 2.43. The molecule has 0 spiro atoms. The smallest absolute Gasteiger partial charge is 0.413 e. The van der Waals surface area contributed by atoms with Gasteiger partial charge in [0.2, 0.25) is 5.60 Å². The van der Waals surface area contributed by atoms with Crippen LogP contribution in [0.25, 0.3) is 0 Å². The van der Waals surface area contributed by atoms with Crippen LogP contribution >= 0.6 is 0 Å². The molecule has 5 aromatic rings. The molecule has 1 heterocycles. The third kappa shape index (κ3) is 7.96. The van der Waals surface area contributed by atoms with E-state index in [0.717, 1.165) is 17.5 Å². The summed E-state index contributed by atoms with van der Waals surface area (Å²) in [7, 11) is 1.55. The molecule has 0 fully saturated rings. The van der Waals surface area contributed by atoms with Crippen LogP contribution in [0.1, 0.15) is 40.0 Å². The maximum Gasteiger partial charge on any atom is 0.413 e. The summed E-state index contributed by atoms with van der Waals surface area (Å²) in [5.41, 5.74) is 1.52. The van der Waals surface area contributed by atoms with E-state index in [1.165, 1.54) is 0 Å². The third-order valence-corrected chi connectivity index (χ3v) is 7.19. The Kier molecular flexibility index (Phi) is 11.1. The fraction of sp³-hybridized carbons (Fsp3) is 0.222. The molecule has 0 bridgehead atoms. The van der Waals surface area contributed by atoms with E-state index in [1.54, 1.807) is 42.1 Å². The van der Waals surface area contributed by atoms with Gasteiger partial charge >= 0.3 is 12.1 Å². The molecule has 10 heteroatoms. The van der Waals surface area contributed by atoms with Crippen LogP contribution in [-0.4, -0.2) is 54.0 Å². The molecule has 46 heavy (non-hydrogen) atoms. The molecule has 5 rings (SSSR count). The van der Waals surface area contributed by atoms with Crippen molar-refractivity contribution >= 4 is 17.7 Å². The summed E-state index contributed by atoms with van der Waals surface area (Å²) < 4.78 is 24.2. The number of unbranched alkanes of at least 4 members (excludes halogenated alkanes) is 1. The Morgan fingerprint density at radius 1 is 0.761 bits per heavy atom. The van der Waals surface area contributed by atoms with Crippen molar-refractivity contribution in [3.63, 3.8) is 0 Å². The van der Waals surface area contributed by atoms with E-state index < -0.39 is 17.7 Å². The number of benzene rings is 4. The molecule has 4 aromatic carbocycles. The van der Waals surface area contributed by atoms with Crippen molar-refractivity contribution in [3.8, 4) is 5.75 Å². The number of aryl methyl sites for hydroxylation is 1. The summed E-state index contributed by atoms with van der Waals surface area (Å²) in [6, 6.07) is 35.2. The van der Waals surface area contributed by atoms with E-state index in [-0.39, 0.29) is 6.61 Å². The minimum absolute atomic E-state index is 0.169. The summed E-state index contributed by atoms with van der Waals surface area (Å²) in [6.45, 7) is 1.43. The molecule has 1 aromatic heterocycles. The van der Waals surface area contributed by atoms with E-state index in [4.69, 9.17) is 18.9 Å². The molecule has 0 aliphatic carbocycles. The van der Waals surface area contributed by atoms with Crippen molar-refractivity contribution in [2.45, 2.75) is 25.0 Å². The fourth-order valence-electron chi connectivity index (χ4n) is 4.97. The Balaban J connectivity index is 1.30. The number of amides is 1. The number of nitrogens with zero attached hydrogens (tertiary/aromatic N) is 3. The van der Waals surface area contributed by atoms with E-state index in [2.05, 4.69) is 15.6 Å². The first-order valence-electron chi connectivity index (χ1n) is 15.0. The standard InChI is InChI=1S/C36H36N4O6/c1-43-25-26-45-34(41)31-21-11-12-22-32(31)44-24-14-13-23-40-27-33(38-39-40)36(28-15-5-2-6-16-28,29-17-7-3-8-18-29)46-35(42)37-30-19-9-4-10-20-30/h2-12,15-22,27H,13-14,23-26H2,1H3,(H,37,42). The minimum atomic E-state index is -1.37. The minimum Gasteiger partial charge on any atom is -0.493 e. The van der Waals surface area contributed by atoms with Gasteiger partial charge in [0.05, 0.1) is 19.4 Å². The van der Waals surface area contributed by atoms with Gasteiger partial charge in [0, 0.05) is 30.5 Å². The number of rotatable bonds is 15. The zero-order valence-corrected chi connectivity index (χ0v) is 25.6. The number of esters is 1. The van der Waals surface area contributed by atoms with Gasteiger partial charge in [0.25, 0.3) is 0 Å². The third-order valence-electron chi connectivity index (χ3n) is 7.19. The van der Waals surface area contributed by atoms with E-state index in [1.807, 2.05) is 91.1 Å². The van der Waals surface area contributed by atoms with Gasteiger partial charge in [-0.05, 0) is 37.1 Å². The zero-order chi connectivity index (χ0) is 32.0. The second-order valence-electron chi connectivity index (χ2n) is 10.3. The van der Waals surface area contributed by atoms with E-state index in [9.17, 15) is 9.59 Å². The molecule has 0 radical (unpaired) electrons. The van der Waals surface area contributed by atoms with Crippen molar-refractivity contribution in [1.82, 2.24) is 15.0 Å². The Labute approximate surface area is 267 Å². The van der Waals surface area contributed by atoms with Crippen LogP contribution in [0.3, 0.4) is 0 Å². The lowest BCUT2D eigenvalue weighted by atomic mass is 9.83. The van der Waals surface area contributed by atoms with Gasteiger partial charge in [0.1, 0.15) is 23.6 Å². The van der Waals surface area contributed by atoms with Gasteiger partial charge in [-0.1, -0.05) is 96.2 Å². The summed E-state index contributed by atoms with van der Waals surface area (Å²) in [4.78, 5) is 25.9. The molecule has 0 atom stereocenters. The average molecular weight is 621 g/mol. The van der Waals surface area contributed by atoms with Crippen LogP contribution in [0.5, 0.6) is 5.75 Å². The second kappa shape index (κ2) is 16.0. The number of carbonyl (C=O) groups is 2. The number of nitrogens with one attached hydrogen (secondary N) is 1. The lowest BCUT2D eigenvalue weighted by Crippen LogP contribution is -2.37. The van der Waals surface area contributed by atoms with E-state index >= 15 is 0 Å². The Morgan fingerprint density at radius 2 is 1.39 bits per heavy atom. The fourth-order valence-corrected chi connectivity index (χ4v) is 4.97. The van der Waals surface area contributed by atoms with Crippen molar-refractivity contribution < 1.29 is 28.5 Å². The highest BCUT2D eigenvalue weighted by molar-refractivity contribution is 5.92. The van der Waals surface area contributed by atoms with Gasteiger partial charge in [-0.25, -0.2) is 9.59 Å². The first-order chi connectivity index (χ1) is 22.6. The monoisotopic (exact) mass is 620 g/mol. The molecule has 236 valence electrons. The molecule has 0 aliphatic heterocycles. The molecule has 0 unspecified atom stereocenters. The molecule has 10 nitrogen and oxygen atoms in total. The van der Waals surface area contributed by atoms with Gasteiger partial charge in [-0.3, -0.25) is 10.00 Å². The van der Waals surface area contributed by atoms with Crippen LogP contribution in [0, 0.1) is 0 Å². The van der Waals surface area contributed by atoms with Crippen LogP contribution in [-0.2, 0) is 26.4 Å². The van der Waals surface area contributed by atoms with E-state index in [0.29, 0.717) is 48.9 Å². The lowest BCUT2D eigenvalue weighted by molar-refractivity contribution is 0.0383. The van der Waals surface area contributed by atoms with Crippen LogP contribution in [0.2, 0.25) is 0 Å². The number of carbonyl (C=O) groups excluding carboxylic acids is 2. The van der Waals surface area contributed by atoms with Crippen molar-refractivity contribution in [2.75, 3.05) is 32.2 Å². The Hall–Kier alpha value is -5.48. The summed E-state index contributed by atoms with van der Waals surface area (Å²) >= 11 is 0. The maximum absolute atomic E-state index is 13.4. The van der Waals surface area contributed by atoms with Crippen LogP contribution in [0.15, 0.2) is 121 Å². The lowest BCUT2D eigenvalue weighted by Gasteiger charge is -2.32.